The summed E-state index contributed by atoms with van der Waals surface area (Å²) in [5, 5.41) is 7.10. The highest BCUT2D eigenvalue weighted by Gasteiger charge is 2.34. The number of nitrogens with one attached hydrogen (secondary N) is 2. The van der Waals surface area contributed by atoms with Crippen LogP contribution in [0.25, 0.3) is 33.6 Å². The standard InChI is InChI=1S/C34H35Cl2F2N7O3/c1-47-32-27(16-39-15-20-9-10-29(46)42-20)40-17-25(43-32)23-7-3-5-21(30(23)35)22-6-4-8-24(31(22)36)26-18-41-28(33(44-26)48-2)19-45-13-11-34(37,38)12-14-45/h3-8,17-18,20,39H,9-16,19H2,1-2H3,(H,42,46). The molecule has 1 amide bonds. The Morgan fingerprint density at radius 2 is 1.44 bits per heavy atom. The first-order valence-electron chi connectivity index (χ1n) is 15.6. The lowest BCUT2D eigenvalue weighted by molar-refractivity contribution is -0.119. The molecular formula is C34H35Cl2F2N7O3. The first-order chi connectivity index (χ1) is 23.2. The van der Waals surface area contributed by atoms with Crippen molar-refractivity contribution in [3.63, 3.8) is 0 Å². The number of ether oxygens (including phenoxy) is 2. The largest absolute Gasteiger partial charge is 0.480 e. The number of halogens is 4. The molecule has 14 heteroatoms. The Kier molecular flexibility index (Phi) is 10.4. The summed E-state index contributed by atoms with van der Waals surface area (Å²) in [6.45, 7) is 1.94. The molecule has 0 aliphatic carbocycles. The predicted molar refractivity (Wildman–Crippen MR) is 179 cm³/mol. The number of alkyl halides is 2. The Morgan fingerprint density at radius 3 is 1.98 bits per heavy atom. The van der Waals surface area contributed by atoms with E-state index < -0.39 is 5.92 Å². The number of hydrogen-bond acceptors (Lipinski definition) is 9. The van der Waals surface area contributed by atoms with Crippen LogP contribution in [0.2, 0.25) is 10.0 Å². The number of amides is 1. The fourth-order valence-electron chi connectivity index (χ4n) is 5.93. The normalized spacial score (nSPS) is 17.7. The number of likely N-dealkylation sites (tertiary alicyclic amines) is 1. The molecule has 0 spiro atoms. The van der Waals surface area contributed by atoms with Gasteiger partial charge in [0.2, 0.25) is 17.7 Å². The predicted octanol–water partition coefficient (Wildman–Crippen LogP) is 6.19. The minimum atomic E-state index is -2.62. The Bertz CT molecular complexity index is 1800. The Hall–Kier alpha value is -3.97. The van der Waals surface area contributed by atoms with Gasteiger partial charge < -0.3 is 20.1 Å². The number of carbonyl (C=O) groups excluding carboxylic acids is 1. The van der Waals surface area contributed by atoms with Crippen molar-refractivity contribution in [2.75, 3.05) is 33.9 Å². The zero-order valence-corrected chi connectivity index (χ0v) is 28.0. The minimum Gasteiger partial charge on any atom is -0.480 e. The van der Waals surface area contributed by atoms with Crippen molar-refractivity contribution >= 4 is 29.1 Å². The first-order valence-corrected chi connectivity index (χ1v) is 16.4. The number of methoxy groups -OCH3 is 2. The van der Waals surface area contributed by atoms with Crippen LogP contribution >= 0.6 is 23.2 Å². The lowest BCUT2D eigenvalue weighted by Gasteiger charge is -2.31. The molecule has 0 radical (unpaired) electrons. The molecule has 10 nitrogen and oxygen atoms in total. The molecule has 2 aliphatic rings. The van der Waals surface area contributed by atoms with Gasteiger partial charge in [-0.3, -0.25) is 19.7 Å². The van der Waals surface area contributed by atoms with Crippen molar-refractivity contribution in [1.82, 2.24) is 35.5 Å². The SMILES string of the molecule is COc1nc(-c2cccc(-c3cccc(-c4cnc(CN5CCC(F)(F)CC5)c(OC)n4)c3Cl)c2Cl)cnc1CNCC1CCC(=O)N1. The Labute approximate surface area is 287 Å². The van der Waals surface area contributed by atoms with E-state index in [9.17, 15) is 13.6 Å². The summed E-state index contributed by atoms with van der Waals surface area (Å²) in [5.74, 6) is -1.88. The summed E-state index contributed by atoms with van der Waals surface area (Å²) in [4.78, 5) is 32.0. The van der Waals surface area contributed by atoms with Gasteiger partial charge in [-0.1, -0.05) is 59.6 Å². The van der Waals surface area contributed by atoms with Gasteiger partial charge in [0.25, 0.3) is 5.92 Å². The van der Waals surface area contributed by atoms with Gasteiger partial charge in [-0.15, -0.1) is 0 Å². The summed E-state index contributed by atoms with van der Waals surface area (Å²) in [5.41, 5.74) is 4.86. The summed E-state index contributed by atoms with van der Waals surface area (Å²) in [6, 6.07) is 11.3. The van der Waals surface area contributed by atoms with E-state index in [1.54, 1.807) is 12.4 Å². The lowest BCUT2D eigenvalue weighted by atomic mass is 9.98. The van der Waals surface area contributed by atoms with Gasteiger partial charge in [0.15, 0.2) is 0 Å². The Morgan fingerprint density at radius 1 is 0.896 bits per heavy atom. The number of benzene rings is 2. The molecule has 2 aromatic carbocycles. The molecule has 2 saturated heterocycles. The summed E-state index contributed by atoms with van der Waals surface area (Å²) in [7, 11) is 3.04. The number of hydrogen-bond donors (Lipinski definition) is 2. The van der Waals surface area contributed by atoms with Gasteiger partial charge >= 0.3 is 0 Å². The third kappa shape index (κ3) is 7.52. The highest BCUT2D eigenvalue weighted by molar-refractivity contribution is 6.39. The second-order valence-electron chi connectivity index (χ2n) is 11.8. The zero-order valence-electron chi connectivity index (χ0n) is 26.5. The van der Waals surface area contributed by atoms with Crippen LogP contribution in [0, 0.1) is 0 Å². The molecule has 4 heterocycles. The second-order valence-corrected chi connectivity index (χ2v) is 12.6. The minimum absolute atomic E-state index is 0.0713. The van der Waals surface area contributed by atoms with Crippen LogP contribution in [0.3, 0.4) is 0 Å². The van der Waals surface area contributed by atoms with Crippen LogP contribution in [-0.4, -0.2) is 76.6 Å². The van der Waals surface area contributed by atoms with Gasteiger partial charge in [-0.2, -0.15) is 0 Å². The van der Waals surface area contributed by atoms with Gasteiger partial charge in [-0.25, -0.2) is 18.7 Å². The van der Waals surface area contributed by atoms with E-state index in [-0.39, 0.29) is 37.9 Å². The van der Waals surface area contributed by atoms with E-state index in [1.165, 1.54) is 14.2 Å². The second kappa shape index (κ2) is 14.7. The van der Waals surface area contributed by atoms with Crippen molar-refractivity contribution in [3.8, 4) is 45.4 Å². The van der Waals surface area contributed by atoms with Crippen molar-refractivity contribution in [3.05, 3.63) is 70.2 Å². The maximum absolute atomic E-state index is 13.6. The molecule has 2 fully saturated rings. The van der Waals surface area contributed by atoms with Crippen LogP contribution in [0.4, 0.5) is 8.78 Å². The smallest absolute Gasteiger partial charge is 0.250 e. The van der Waals surface area contributed by atoms with E-state index in [1.807, 2.05) is 41.3 Å². The van der Waals surface area contributed by atoms with Gasteiger partial charge in [0, 0.05) is 80.3 Å². The lowest BCUT2D eigenvalue weighted by Crippen LogP contribution is -2.39. The fraction of sp³-hybridized carbons (Fsp3) is 0.382. The third-order valence-electron chi connectivity index (χ3n) is 8.58. The van der Waals surface area contributed by atoms with Gasteiger partial charge in [0.1, 0.15) is 11.4 Å². The molecule has 4 aromatic rings. The molecule has 6 rings (SSSR count). The molecule has 0 bridgehead atoms. The number of aromatic nitrogens is 4. The van der Waals surface area contributed by atoms with Crippen LogP contribution in [-0.2, 0) is 17.9 Å². The van der Waals surface area contributed by atoms with Gasteiger partial charge in [0.05, 0.1) is 48.0 Å². The quantitative estimate of drug-likeness (QED) is 0.189. The topological polar surface area (TPSA) is 114 Å². The average Bonchev–Trinajstić information content (AvgIpc) is 3.51. The molecule has 1 unspecified atom stereocenters. The molecule has 48 heavy (non-hydrogen) atoms. The molecule has 2 aromatic heterocycles. The van der Waals surface area contributed by atoms with E-state index in [2.05, 4.69) is 25.6 Å². The van der Waals surface area contributed by atoms with Gasteiger partial charge in [-0.05, 0) is 6.42 Å². The highest BCUT2D eigenvalue weighted by atomic mass is 35.5. The van der Waals surface area contributed by atoms with Crippen LogP contribution < -0.4 is 20.1 Å². The summed E-state index contributed by atoms with van der Waals surface area (Å²) in [6.07, 6.45) is 4.25. The molecule has 252 valence electrons. The van der Waals surface area contributed by atoms with Crippen molar-refractivity contribution in [2.45, 2.75) is 50.7 Å². The van der Waals surface area contributed by atoms with Crippen molar-refractivity contribution in [1.29, 1.82) is 0 Å². The highest BCUT2D eigenvalue weighted by Crippen LogP contribution is 2.42. The molecule has 1 atom stereocenters. The average molecular weight is 699 g/mol. The monoisotopic (exact) mass is 697 g/mol. The van der Waals surface area contributed by atoms with Crippen LogP contribution in [0.15, 0.2) is 48.8 Å². The van der Waals surface area contributed by atoms with E-state index in [0.29, 0.717) is 92.9 Å². The maximum Gasteiger partial charge on any atom is 0.250 e. The maximum atomic E-state index is 13.6. The number of rotatable bonds is 11. The van der Waals surface area contributed by atoms with Crippen molar-refractivity contribution < 1.29 is 23.0 Å². The fourth-order valence-corrected chi connectivity index (χ4v) is 6.58. The van der Waals surface area contributed by atoms with E-state index in [0.717, 1.165) is 6.42 Å². The summed E-state index contributed by atoms with van der Waals surface area (Å²) >= 11 is 14.0. The first kappa shape index (κ1) is 33.9. The number of carbonyl (C=O) groups is 1. The Balaban J connectivity index is 1.23. The van der Waals surface area contributed by atoms with E-state index in [4.69, 9.17) is 37.7 Å². The molecular weight excluding hydrogens is 663 g/mol. The molecule has 2 N–H and O–H groups in total. The van der Waals surface area contributed by atoms with Crippen LogP contribution in [0.1, 0.15) is 37.1 Å². The summed E-state index contributed by atoms with van der Waals surface area (Å²) < 4.78 is 38.4. The molecule has 2 aliphatic heterocycles. The van der Waals surface area contributed by atoms with Crippen LogP contribution in [0.5, 0.6) is 11.8 Å². The van der Waals surface area contributed by atoms with Crippen molar-refractivity contribution in [2.24, 2.45) is 0 Å². The third-order valence-corrected chi connectivity index (χ3v) is 9.39. The number of nitrogens with zero attached hydrogens (tertiary/aromatic N) is 5. The van der Waals surface area contributed by atoms with E-state index >= 15 is 0 Å². The number of piperidine rings is 1. The zero-order chi connectivity index (χ0) is 33.8. The molecule has 0 saturated carbocycles.